The summed E-state index contributed by atoms with van der Waals surface area (Å²) >= 11 is 1.45. The van der Waals surface area contributed by atoms with Crippen LogP contribution in [0.2, 0.25) is 0 Å². The Labute approximate surface area is 99.4 Å². The molecule has 1 amide bonds. The molecule has 0 radical (unpaired) electrons. The van der Waals surface area contributed by atoms with Crippen LogP contribution in [0.5, 0.6) is 0 Å². The zero-order chi connectivity index (χ0) is 12.3. The Morgan fingerprint density at radius 3 is 2.75 bits per heavy atom. The van der Waals surface area contributed by atoms with E-state index in [2.05, 4.69) is 0 Å². The molecule has 0 spiro atoms. The van der Waals surface area contributed by atoms with Gasteiger partial charge >= 0.3 is 5.97 Å². The maximum atomic E-state index is 12.0. The van der Waals surface area contributed by atoms with Crippen molar-refractivity contribution in [2.75, 3.05) is 11.6 Å². The molecule has 1 aliphatic heterocycles. The van der Waals surface area contributed by atoms with Crippen molar-refractivity contribution in [3.8, 4) is 0 Å². The highest BCUT2D eigenvalue weighted by atomic mass is 32.2. The third-order valence-electron chi connectivity index (χ3n) is 2.99. The molecular weight excluding hydrogens is 228 g/mol. The Kier molecular flexibility index (Phi) is 4.61. The molecule has 0 aliphatic carbocycles. The van der Waals surface area contributed by atoms with E-state index in [9.17, 15) is 9.59 Å². The van der Waals surface area contributed by atoms with E-state index in [0.29, 0.717) is 11.6 Å². The molecule has 0 aromatic heterocycles. The fourth-order valence-electron chi connectivity index (χ4n) is 1.55. The van der Waals surface area contributed by atoms with Crippen LogP contribution in [0.4, 0.5) is 0 Å². The summed E-state index contributed by atoms with van der Waals surface area (Å²) in [6.07, 6.45) is 0.811. The number of carbonyl (C=O) groups is 2. The Bertz CT molecular complexity index is 285. The lowest BCUT2D eigenvalue weighted by Crippen LogP contribution is -2.51. The molecule has 92 valence electrons. The van der Waals surface area contributed by atoms with Crippen LogP contribution in [0.3, 0.4) is 0 Å². The third kappa shape index (κ3) is 2.68. The summed E-state index contributed by atoms with van der Waals surface area (Å²) < 4.78 is 0. The molecule has 2 unspecified atom stereocenters. The zero-order valence-electron chi connectivity index (χ0n) is 9.55. The van der Waals surface area contributed by atoms with Gasteiger partial charge in [0.1, 0.15) is 6.04 Å². The molecule has 3 N–H and O–H groups in total. The lowest BCUT2D eigenvalue weighted by Gasteiger charge is -2.26. The Morgan fingerprint density at radius 1 is 1.62 bits per heavy atom. The van der Waals surface area contributed by atoms with Gasteiger partial charge in [0.05, 0.1) is 11.9 Å². The van der Waals surface area contributed by atoms with E-state index in [0.717, 1.165) is 6.42 Å². The van der Waals surface area contributed by atoms with Gasteiger partial charge in [0.15, 0.2) is 0 Å². The van der Waals surface area contributed by atoms with Crippen LogP contribution >= 0.6 is 11.8 Å². The van der Waals surface area contributed by atoms with Crippen molar-refractivity contribution >= 4 is 23.6 Å². The average Bonchev–Trinajstić information content (AvgIpc) is 2.74. The van der Waals surface area contributed by atoms with Crippen LogP contribution in [0, 0.1) is 5.92 Å². The van der Waals surface area contributed by atoms with Crippen molar-refractivity contribution in [1.82, 2.24) is 4.90 Å². The summed E-state index contributed by atoms with van der Waals surface area (Å²) in [5.74, 6) is -0.234. The molecule has 3 atom stereocenters. The van der Waals surface area contributed by atoms with Gasteiger partial charge in [-0.05, 0) is 5.92 Å². The Hall–Kier alpha value is -0.750. The smallest absolute Gasteiger partial charge is 0.327 e. The first kappa shape index (κ1) is 13.3. The summed E-state index contributed by atoms with van der Waals surface area (Å²) in [6.45, 7) is 3.87. The van der Waals surface area contributed by atoms with Crippen molar-refractivity contribution in [1.29, 1.82) is 0 Å². The van der Waals surface area contributed by atoms with Crippen molar-refractivity contribution in [2.45, 2.75) is 32.4 Å². The van der Waals surface area contributed by atoms with Gasteiger partial charge in [0, 0.05) is 5.75 Å². The number of aliphatic carboxylic acids is 1. The van der Waals surface area contributed by atoms with Gasteiger partial charge in [0.25, 0.3) is 0 Å². The number of carboxylic acid groups (broad SMARTS) is 1. The highest BCUT2D eigenvalue weighted by Gasteiger charge is 2.37. The van der Waals surface area contributed by atoms with Crippen LogP contribution in [0.15, 0.2) is 0 Å². The Morgan fingerprint density at radius 2 is 2.25 bits per heavy atom. The monoisotopic (exact) mass is 246 g/mol. The third-order valence-corrected chi connectivity index (χ3v) is 4.00. The van der Waals surface area contributed by atoms with Gasteiger partial charge in [-0.15, -0.1) is 11.8 Å². The maximum Gasteiger partial charge on any atom is 0.327 e. The van der Waals surface area contributed by atoms with Gasteiger partial charge in [-0.3, -0.25) is 4.79 Å². The van der Waals surface area contributed by atoms with E-state index < -0.39 is 18.1 Å². The fourth-order valence-corrected chi connectivity index (χ4v) is 2.71. The van der Waals surface area contributed by atoms with E-state index in [1.54, 1.807) is 0 Å². The number of hydrogen-bond acceptors (Lipinski definition) is 4. The summed E-state index contributed by atoms with van der Waals surface area (Å²) in [6, 6.07) is -1.31. The summed E-state index contributed by atoms with van der Waals surface area (Å²) in [5.41, 5.74) is 5.82. The lowest BCUT2D eigenvalue weighted by molar-refractivity contribution is -0.148. The minimum Gasteiger partial charge on any atom is -0.480 e. The first-order valence-electron chi connectivity index (χ1n) is 5.35. The molecule has 0 bridgehead atoms. The second-order valence-corrected chi connectivity index (χ2v) is 5.07. The molecule has 1 aliphatic rings. The minimum absolute atomic E-state index is 0.0764. The average molecular weight is 246 g/mol. The van der Waals surface area contributed by atoms with Crippen molar-refractivity contribution in [2.24, 2.45) is 11.7 Å². The molecule has 1 saturated heterocycles. The van der Waals surface area contributed by atoms with Gasteiger partial charge < -0.3 is 15.7 Å². The SMILES string of the molecule is CCC(C)[C@H](N)C(=O)N1CSCC1C(=O)O. The molecule has 16 heavy (non-hydrogen) atoms. The van der Waals surface area contributed by atoms with E-state index in [-0.39, 0.29) is 11.8 Å². The number of rotatable bonds is 4. The fraction of sp³-hybridized carbons (Fsp3) is 0.800. The molecule has 0 aromatic carbocycles. The minimum atomic E-state index is -0.949. The van der Waals surface area contributed by atoms with Gasteiger partial charge in [-0.2, -0.15) is 0 Å². The first-order chi connectivity index (χ1) is 7.49. The summed E-state index contributed by atoms with van der Waals surface area (Å²) in [7, 11) is 0. The molecule has 1 heterocycles. The van der Waals surface area contributed by atoms with Crippen LogP contribution in [0.1, 0.15) is 20.3 Å². The second kappa shape index (κ2) is 5.54. The Balaban J connectivity index is 2.69. The van der Waals surface area contributed by atoms with E-state index in [4.69, 9.17) is 10.8 Å². The van der Waals surface area contributed by atoms with E-state index in [1.807, 2.05) is 13.8 Å². The first-order valence-corrected chi connectivity index (χ1v) is 6.51. The zero-order valence-corrected chi connectivity index (χ0v) is 10.4. The van der Waals surface area contributed by atoms with Crippen molar-refractivity contribution in [3.05, 3.63) is 0 Å². The number of nitrogens with zero attached hydrogens (tertiary/aromatic N) is 1. The van der Waals surface area contributed by atoms with Gasteiger partial charge in [-0.1, -0.05) is 20.3 Å². The number of hydrogen-bond donors (Lipinski definition) is 2. The number of carbonyl (C=O) groups excluding carboxylic acids is 1. The molecule has 6 heteroatoms. The predicted octanol–water partition coefficient (Wildman–Crippen LogP) is 0.346. The number of nitrogens with two attached hydrogens (primary N) is 1. The van der Waals surface area contributed by atoms with E-state index in [1.165, 1.54) is 16.7 Å². The summed E-state index contributed by atoms with van der Waals surface area (Å²) in [5, 5.41) is 8.96. The molecule has 0 saturated carbocycles. The van der Waals surface area contributed by atoms with Gasteiger partial charge in [-0.25, -0.2) is 4.79 Å². The largest absolute Gasteiger partial charge is 0.480 e. The molecule has 1 fully saturated rings. The molecule has 1 rings (SSSR count). The molecule has 0 aromatic rings. The number of carboxylic acids is 1. The lowest BCUT2D eigenvalue weighted by atomic mass is 9.98. The van der Waals surface area contributed by atoms with E-state index >= 15 is 0 Å². The number of thioether (sulfide) groups is 1. The topological polar surface area (TPSA) is 83.6 Å². The quantitative estimate of drug-likeness (QED) is 0.747. The van der Waals surface area contributed by atoms with Crippen LogP contribution in [-0.2, 0) is 9.59 Å². The predicted molar refractivity (Wildman–Crippen MR) is 63.0 cm³/mol. The van der Waals surface area contributed by atoms with Crippen LogP contribution in [0.25, 0.3) is 0 Å². The maximum absolute atomic E-state index is 12.0. The second-order valence-electron chi connectivity index (χ2n) is 4.07. The number of amides is 1. The normalized spacial score (nSPS) is 24.2. The van der Waals surface area contributed by atoms with Crippen molar-refractivity contribution in [3.63, 3.8) is 0 Å². The standard InChI is InChI=1S/C10H18N2O3S/c1-3-6(2)8(11)9(13)12-5-16-4-7(12)10(14)15/h6-8H,3-5,11H2,1-2H3,(H,14,15)/t6?,7?,8-/m0/s1. The summed E-state index contributed by atoms with van der Waals surface area (Å²) in [4.78, 5) is 24.3. The van der Waals surface area contributed by atoms with Crippen LogP contribution < -0.4 is 5.73 Å². The van der Waals surface area contributed by atoms with Crippen LogP contribution in [-0.4, -0.2) is 45.6 Å². The van der Waals surface area contributed by atoms with Crippen molar-refractivity contribution < 1.29 is 14.7 Å². The molecular formula is C10H18N2O3S. The highest BCUT2D eigenvalue weighted by Crippen LogP contribution is 2.23. The molecule has 5 nitrogen and oxygen atoms in total. The highest BCUT2D eigenvalue weighted by molar-refractivity contribution is 7.99. The van der Waals surface area contributed by atoms with Gasteiger partial charge in [0.2, 0.25) is 5.91 Å².